The number of rotatable bonds is 2. The molecule has 1 heterocycles. The summed E-state index contributed by atoms with van der Waals surface area (Å²) in [5, 5.41) is 0. The second-order valence-corrected chi connectivity index (χ2v) is 5.35. The molecule has 2 nitrogen and oxygen atoms in total. The van der Waals surface area contributed by atoms with Crippen LogP contribution in [0.15, 0.2) is 24.3 Å². The number of carbonyl (C=O) groups excluding carboxylic acids is 1. The third-order valence-corrected chi connectivity index (χ3v) is 4.07. The molecule has 90 valence electrons. The Kier molecular flexibility index (Phi) is 2.98. The molecule has 1 aromatic carbocycles. The molecule has 2 heteroatoms. The van der Waals surface area contributed by atoms with Gasteiger partial charge in [-0.1, -0.05) is 30.7 Å². The fourth-order valence-corrected chi connectivity index (χ4v) is 3.09. The molecule has 0 amide bonds. The number of fused-ring (bicyclic) bond motifs is 1. The van der Waals surface area contributed by atoms with E-state index in [1.54, 1.807) is 0 Å². The Hall–Kier alpha value is -1.15. The fourth-order valence-electron chi connectivity index (χ4n) is 3.09. The van der Waals surface area contributed by atoms with Crippen molar-refractivity contribution >= 4 is 5.78 Å². The van der Waals surface area contributed by atoms with E-state index in [1.165, 1.54) is 17.5 Å². The van der Waals surface area contributed by atoms with E-state index in [-0.39, 0.29) is 0 Å². The van der Waals surface area contributed by atoms with Crippen LogP contribution in [0.25, 0.3) is 0 Å². The Balaban J connectivity index is 1.63. The van der Waals surface area contributed by atoms with Crippen LogP contribution in [-0.2, 0) is 17.9 Å². The fraction of sp³-hybridized carbons (Fsp3) is 0.533. The van der Waals surface area contributed by atoms with Crippen LogP contribution in [0.5, 0.6) is 0 Å². The number of ketones is 1. The van der Waals surface area contributed by atoms with E-state index in [0.717, 1.165) is 38.9 Å². The van der Waals surface area contributed by atoms with Crippen LogP contribution in [0.3, 0.4) is 0 Å². The topological polar surface area (TPSA) is 20.3 Å². The standard InChI is InChI=1S/C15H19NO/c17-15-8-4-3-7-14(15)11-16-9-12-5-1-2-6-13(12)10-16/h1-2,5-6,14H,3-4,7-11H2. The van der Waals surface area contributed by atoms with Gasteiger partial charge < -0.3 is 0 Å². The minimum Gasteiger partial charge on any atom is -0.299 e. The first kappa shape index (κ1) is 11.0. The van der Waals surface area contributed by atoms with Gasteiger partial charge in [0.2, 0.25) is 0 Å². The van der Waals surface area contributed by atoms with Crippen molar-refractivity contribution in [2.45, 2.75) is 38.8 Å². The zero-order valence-electron chi connectivity index (χ0n) is 10.2. The van der Waals surface area contributed by atoms with Crippen LogP contribution in [-0.4, -0.2) is 17.2 Å². The first-order chi connectivity index (χ1) is 8.33. The average Bonchev–Trinajstić information content (AvgIpc) is 2.74. The summed E-state index contributed by atoms with van der Waals surface area (Å²) in [6.45, 7) is 3.02. The van der Waals surface area contributed by atoms with E-state index < -0.39 is 0 Å². The average molecular weight is 229 g/mol. The smallest absolute Gasteiger partial charge is 0.137 e. The van der Waals surface area contributed by atoms with Crippen molar-refractivity contribution in [1.29, 1.82) is 0 Å². The third-order valence-electron chi connectivity index (χ3n) is 4.07. The van der Waals surface area contributed by atoms with Crippen molar-refractivity contribution in [3.63, 3.8) is 0 Å². The van der Waals surface area contributed by atoms with Gasteiger partial charge in [0, 0.05) is 32.0 Å². The molecule has 1 aliphatic carbocycles. The second-order valence-electron chi connectivity index (χ2n) is 5.35. The quantitative estimate of drug-likeness (QED) is 0.777. The maximum atomic E-state index is 11.8. The van der Waals surface area contributed by atoms with E-state index in [0.29, 0.717) is 11.7 Å². The molecule has 1 aliphatic heterocycles. The summed E-state index contributed by atoms with van der Waals surface area (Å²) in [6.07, 6.45) is 4.25. The van der Waals surface area contributed by atoms with Gasteiger partial charge in [-0.15, -0.1) is 0 Å². The van der Waals surface area contributed by atoms with Crippen molar-refractivity contribution < 1.29 is 4.79 Å². The highest BCUT2D eigenvalue weighted by Gasteiger charge is 2.27. The Morgan fingerprint density at radius 3 is 2.47 bits per heavy atom. The number of Topliss-reactive ketones (excluding diaryl/α,β-unsaturated/α-hetero) is 1. The summed E-state index contributed by atoms with van der Waals surface area (Å²) in [5.74, 6) is 0.797. The lowest BCUT2D eigenvalue weighted by molar-refractivity contribution is -0.125. The maximum absolute atomic E-state index is 11.8. The van der Waals surface area contributed by atoms with E-state index in [1.807, 2.05) is 0 Å². The molecule has 0 N–H and O–H groups in total. The predicted octanol–water partition coefficient (Wildman–Crippen LogP) is 2.76. The minimum absolute atomic E-state index is 0.304. The van der Waals surface area contributed by atoms with Gasteiger partial charge in [0.15, 0.2) is 0 Å². The minimum atomic E-state index is 0.304. The lowest BCUT2D eigenvalue weighted by atomic mass is 9.87. The largest absolute Gasteiger partial charge is 0.299 e. The predicted molar refractivity (Wildman–Crippen MR) is 67.5 cm³/mol. The van der Waals surface area contributed by atoms with Crippen molar-refractivity contribution in [2.75, 3.05) is 6.54 Å². The highest BCUT2D eigenvalue weighted by molar-refractivity contribution is 5.81. The summed E-state index contributed by atoms with van der Waals surface area (Å²) in [5.41, 5.74) is 2.88. The Morgan fingerprint density at radius 1 is 1.12 bits per heavy atom. The lowest BCUT2D eigenvalue weighted by Gasteiger charge is -2.25. The van der Waals surface area contributed by atoms with Gasteiger partial charge in [0.25, 0.3) is 0 Å². The third kappa shape index (κ3) is 2.27. The Bertz CT molecular complexity index is 402. The monoisotopic (exact) mass is 229 g/mol. The molecular weight excluding hydrogens is 210 g/mol. The number of hydrogen-bond acceptors (Lipinski definition) is 2. The number of benzene rings is 1. The molecule has 0 spiro atoms. The molecular formula is C15H19NO. The number of nitrogens with zero attached hydrogens (tertiary/aromatic N) is 1. The van der Waals surface area contributed by atoms with E-state index in [4.69, 9.17) is 0 Å². The molecule has 17 heavy (non-hydrogen) atoms. The second kappa shape index (κ2) is 4.61. The summed E-state index contributed by atoms with van der Waals surface area (Å²) in [4.78, 5) is 14.3. The molecule has 0 aromatic heterocycles. The van der Waals surface area contributed by atoms with Gasteiger partial charge in [-0.05, 0) is 24.0 Å². The Morgan fingerprint density at radius 2 is 1.82 bits per heavy atom. The normalized spacial score (nSPS) is 24.9. The molecule has 0 radical (unpaired) electrons. The van der Waals surface area contributed by atoms with Gasteiger partial charge >= 0.3 is 0 Å². The van der Waals surface area contributed by atoms with Crippen LogP contribution < -0.4 is 0 Å². The van der Waals surface area contributed by atoms with Crippen molar-refractivity contribution in [3.05, 3.63) is 35.4 Å². The molecule has 1 fully saturated rings. The van der Waals surface area contributed by atoms with Crippen LogP contribution in [0.2, 0.25) is 0 Å². The molecule has 0 saturated heterocycles. The lowest BCUT2D eigenvalue weighted by Crippen LogP contribution is -2.31. The van der Waals surface area contributed by atoms with Gasteiger partial charge in [0.05, 0.1) is 0 Å². The van der Waals surface area contributed by atoms with Crippen LogP contribution in [0, 0.1) is 5.92 Å². The van der Waals surface area contributed by atoms with Crippen LogP contribution in [0.1, 0.15) is 36.8 Å². The number of carbonyl (C=O) groups is 1. The molecule has 1 atom stereocenters. The van der Waals surface area contributed by atoms with E-state index >= 15 is 0 Å². The SMILES string of the molecule is O=C1CCCCC1CN1Cc2ccccc2C1. The first-order valence-electron chi connectivity index (χ1n) is 6.65. The van der Waals surface area contributed by atoms with Crippen molar-refractivity contribution in [2.24, 2.45) is 5.92 Å². The first-order valence-corrected chi connectivity index (χ1v) is 6.65. The summed E-state index contributed by atoms with van der Waals surface area (Å²) >= 11 is 0. The zero-order valence-corrected chi connectivity index (χ0v) is 10.2. The molecule has 0 bridgehead atoms. The molecule has 1 unspecified atom stereocenters. The highest BCUT2D eigenvalue weighted by atomic mass is 16.1. The number of hydrogen-bond donors (Lipinski definition) is 0. The van der Waals surface area contributed by atoms with Gasteiger partial charge in [-0.2, -0.15) is 0 Å². The van der Waals surface area contributed by atoms with Crippen molar-refractivity contribution in [3.8, 4) is 0 Å². The maximum Gasteiger partial charge on any atom is 0.137 e. The summed E-state index contributed by atoms with van der Waals surface area (Å²) in [6, 6.07) is 8.62. The Labute approximate surface area is 103 Å². The summed E-state index contributed by atoms with van der Waals surface area (Å²) in [7, 11) is 0. The van der Waals surface area contributed by atoms with Crippen LogP contribution in [0.4, 0.5) is 0 Å². The zero-order chi connectivity index (χ0) is 11.7. The molecule has 2 aliphatic rings. The van der Waals surface area contributed by atoms with Gasteiger partial charge in [-0.3, -0.25) is 9.69 Å². The summed E-state index contributed by atoms with van der Waals surface area (Å²) < 4.78 is 0. The molecule has 3 rings (SSSR count). The molecule has 1 aromatic rings. The highest BCUT2D eigenvalue weighted by Crippen LogP contribution is 2.27. The molecule has 1 saturated carbocycles. The van der Waals surface area contributed by atoms with E-state index in [9.17, 15) is 4.79 Å². The van der Waals surface area contributed by atoms with Gasteiger partial charge in [0.1, 0.15) is 5.78 Å². The van der Waals surface area contributed by atoms with Gasteiger partial charge in [-0.25, -0.2) is 0 Å². The van der Waals surface area contributed by atoms with E-state index in [2.05, 4.69) is 29.2 Å². The van der Waals surface area contributed by atoms with Crippen LogP contribution >= 0.6 is 0 Å². The van der Waals surface area contributed by atoms with Crippen molar-refractivity contribution in [1.82, 2.24) is 4.90 Å².